The molecule has 0 bridgehead atoms. The number of unbranched alkanes of at least 4 members (excludes halogenated alkanes) is 1. The van der Waals surface area contributed by atoms with Crippen LogP contribution in [0, 0.1) is 0 Å². The summed E-state index contributed by atoms with van der Waals surface area (Å²) < 4.78 is 21.3. The standard InChI is InChI=1S/C12H20O4/c1-2-7-14-12(5-1)15-8-4-3-6-13-9-11-10-16-11/h2,7,11-12H,1,3-6,8-10H2. The van der Waals surface area contributed by atoms with Gasteiger partial charge in [0.2, 0.25) is 0 Å². The van der Waals surface area contributed by atoms with Crippen molar-refractivity contribution in [2.45, 2.75) is 38.1 Å². The summed E-state index contributed by atoms with van der Waals surface area (Å²) in [6.45, 7) is 3.17. The average Bonchev–Trinajstić information content (AvgIpc) is 3.13. The highest BCUT2D eigenvalue weighted by molar-refractivity contribution is 4.79. The Morgan fingerprint density at radius 3 is 2.88 bits per heavy atom. The molecule has 0 aromatic heterocycles. The van der Waals surface area contributed by atoms with Gasteiger partial charge in [-0.25, -0.2) is 0 Å². The molecule has 4 heteroatoms. The van der Waals surface area contributed by atoms with E-state index in [1.807, 2.05) is 6.08 Å². The first kappa shape index (κ1) is 11.9. The Hall–Kier alpha value is -0.580. The Kier molecular flexibility index (Phi) is 5.12. The molecule has 2 rings (SSSR count). The van der Waals surface area contributed by atoms with Crippen LogP contribution in [-0.4, -0.2) is 38.8 Å². The summed E-state index contributed by atoms with van der Waals surface area (Å²) >= 11 is 0. The number of hydrogen-bond acceptors (Lipinski definition) is 4. The third kappa shape index (κ3) is 4.96. The fourth-order valence-corrected chi connectivity index (χ4v) is 1.53. The highest BCUT2D eigenvalue weighted by Crippen LogP contribution is 2.12. The van der Waals surface area contributed by atoms with Gasteiger partial charge in [0, 0.05) is 13.0 Å². The molecular weight excluding hydrogens is 208 g/mol. The van der Waals surface area contributed by atoms with Gasteiger partial charge in [0.25, 0.3) is 0 Å². The fourth-order valence-electron chi connectivity index (χ4n) is 1.53. The second-order valence-corrected chi connectivity index (χ2v) is 4.12. The molecule has 0 amide bonds. The minimum absolute atomic E-state index is 0.0363. The summed E-state index contributed by atoms with van der Waals surface area (Å²) in [6, 6.07) is 0. The lowest BCUT2D eigenvalue weighted by Crippen LogP contribution is -2.17. The van der Waals surface area contributed by atoms with Crippen LogP contribution in [0.15, 0.2) is 12.3 Å². The number of epoxide rings is 1. The lowest BCUT2D eigenvalue weighted by molar-refractivity contribution is -0.116. The van der Waals surface area contributed by atoms with Crippen molar-refractivity contribution < 1.29 is 18.9 Å². The van der Waals surface area contributed by atoms with E-state index in [-0.39, 0.29) is 6.29 Å². The first-order valence-corrected chi connectivity index (χ1v) is 6.06. The third-order valence-electron chi connectivity index (χ3n) is 2.59. The second-order valence-electron chi connectivity index (χ2n) is 4.12. The number of ether oxygens (including phenoxy) is 4. The van der Waals surface area contributed by atoms with E-state index < -0.39 is 0 Å². The van der Waals surface area contributed by atoms with Gasteiger partial charge in [-0.1, -0.05) is 0 Å². The number of rotatable bonds is 8. The van der Waals surface area contributed by atoms with Gasteiger partial charge in [-0.3, -0.25) is 0 Å². The number of allylic oxidation sites excluding steroid dienone is 1. The predicted octanol–water partition coefficient (Wildman–Crippen LogP) is 1.85. The van der Waals surface area contributed by atoms with Crippen LogP contribution in [0.1, 0.15) is 25.7 Å². The Labute approximate surface area is 96.5 Å². The highest BCUT2D eigenvalue weighted by Gasteiger charge is 2.21. The maximum absolute atomic E-state index is 5.57. The average molecular weight is 228 g/mol. The second kappa shape index (κ2) is 6.89. The Bertz CT molecular complexity index is 213. The molecule has 2 heterocycles. The van der Waals surface area contributed by atoms with E-state index in [4.69, 9.17) is 18.9 Å². The normalized spacial score (nSPS) is 27.8. The molecule has 1 saturated heterocycles. The van der Waals surface area contributed by atoms with Crippen molar-refractivity contribution in [1.82, 2.24) is 0 Å². The predicted molar refractivity (Wildman–Crippen MR) is 59.0 cm³/mol. The van der Waals surface area contributed by atoms with Crippen LogP contribution in [0.3, 0.4) is 0 Å². The quantitative estimate of drug-likeness (QED) is 0.469. The molecule has 0 spiro atoms. The minimum Gasteiger partial charge on any atom is -0.473 e. The molecule has 1 fully saturated rings. The summed E-state index contributed by atoms with van der Waals surface area (Å²) in [5.74, 6) is 0. The van der Waals surface area contributed by atoms with Crippen LogP contribution in [-0.2, 0) is 18.9 Å². The fraction of sp³-hybridized carbons (Fsp3) is 0.833. The molecule has 2 aliphatic heterocycles. The van der Waals surface area contributed by atoms with Gasteiger partial charge in [-0.2, -0.15) is 0 Å². The van der Waals surface area contributed by atoms with Gasteiger partial charge in [-0.15, -0.1) is 0 Å². The lowest BCUT2D eigenvalue weighted by atomic mass is 10.2. The highest BCUT2D eigenvalue weighted by atomic mass is 16.7. The van der Waals surface area contributed by atoms with E-state index in [1.165, 1.54) is 0 Å². The molecule has 2 atom stereocenters. The molecule has 2 aliphatic rings. The Morgan fingerprint density at radius 2 is 2.12 bits per heavy atom. The Morgan fingerprint density at radius 1 is 1.25 bits per heavy atom. The van der Waals surface area contributed by atoms with E-state index in [0.29, 0.717) is 6.10 Å². The van der Waals surface area contributed by atoms with Crippen molar-refractivity contribution in [3.8, 4) is 0 Å². The van der Waals surface area contributed by atoms with Gasteiger partial charge >= 0.3 is 0 Å². The van der Waals surface area contributed by atoms with Crippen molar-refractivity contribution in [2.75, 3.05) is 26.4 Å². The molecule has 0 aliphatic carbocycles. The van der Waals surface area contributed by atoms with Crippen LogP contribution in [0.25, 0.3) is 0 Å². The molecule has 0 aromatic carbocycles. The first-order chi connectivity index (χ1) is 7.95. The van der Waals surface area contributed by atoms with E-state index in [1.54, 1.807) is 6.26 Å². The van der Waals surface area contributed by atoms with Gasteiger partial charge in [0.15, 0.2) is 6.29 Å². The molecule has 0 N–H and O–H groups in total. The van der Waals surface area contributed by atoms with E-state index in [9.17, 15) is 0 Å². The topological polar surface area (TPSA) is 40.2 Å². The van der Waals surface area contributed by atoms with Crippen LogP contribution in [0.2, 0.25) is 0 Å². The monoisotopic (exact) mass is 228 g/mol. The summed E-state index contributed by atoms with van der Waals surface area (Å²) in [5.41, 5.74) is 0. The number of hydrogen-bond donors (Lipinski definition) is 0. The molecule has 2 unspecified atom stereocenters. The van der Waals surface area contributed by atoms with Gasteiger partial charge in [0.05, 0.1) is 26.1 Å². The molecule has 16 heavy (non-hydrogen) atoms. The molecule has 92 valence electrons. The maximum atomic E-state index is 5.57. The SMILES string of the molecule is C1=COC(OCCCCOCC2CO2)CC1. The first-order valence-electron chi connectivity index (χ1n) is 6.06. The van der Waals surface area contributed by atoms with Gasteiger partial charge in [0.1, 0.15) is 6.10 Å². The lowest BCUT2D eigenvalue weighted by Gasteiger charge is -2.19. The van der Waals surface area contributed by atoms with Crippen molar-refractivity contribution >= 4 is 0 Å². The summed E-state index contributed by atoms with van der Waals surface area (Å²) in [5, 5.41) is 0. The molecule has 0 aromatic rings. The zero-order valence-electron chi connectivity index (χ0n) is 9.60. The van der Waals surface area contributed by atoms with Crippen molar-refractivity contribution in [1.29, 1.82) is 0 Å². The molecule has 0 radical (unpaired) electrons. The Balaban J connectivity index is 1.35. The van der Waals surface area contributed by atoms with E-state index in [0.717, 1.165) is 52.1 Å². The van der Waals surface area contributed by atoms with Crippen molar-refractivity contribution in [3.63, 3.8) is 0 Å². The maximum Gasteiger partial charge on any atom is 0.199 e. The van der Waals surface area contributed by atoms with Crippen molar-refractivity contribution in [2.24, 2.45) is 0 Å². The van der Waals surface area contributed by atoms with E-state index in [2.05, 4.69) is 0 Å². The van der Waals surface area contributed by atoms with Crippen LogP contribution in [0.5, 0.6) is 0 Å². The van der Waals surface area contributed by atoms with Crippen LogP contribution in [0.4, 0.5) is 0 Å². The molecular formula is C12H20O4. The van der Waals surface area contributed by atoms with Crippen LogP contribution < -0.4 is 0 Å². The zero-order chi connectivity index (χ0) is 11.1. The van der Waals surface area contributed by atoms with Crippen LogP contribution >= 0.6 is 0 Å². The van der Waals surface area contributed by atoms with Gasteiger partial charge < -0.3 is 18.9 Å². The smallest absolute Gasteiger partial charge is 0.199 e. The zero-order valence-corrected chi connectivity index (χ0v) is 9.60. The van der Waals surface area contributed by atoms with E-state index >= 15 is 0 Å². The molecule has 0 saturated carbocycles. The summed E-state index contributed by atoms with van der Waals surface area (Å²) in [6.07, 6.45) is 8.16. The molecule has 4 nitrogen and oxygen atoms in total. The summed E-state index contributed by atoms with van der Waals surface area (Å²) in [7, 11) is 0. The minimum atomic E-state index is -0.0363. The third-order valence-corrected chi connectivity index (χ3v) is 2.59. The summed E-state index contributed by atoms with van der Waals surface area (Å²) in [4.78, 5) is 0. The van der Waals surface area contributed by atoms with Gasteiger partial charge in [-0.05, 0) is 25.3 Å². The van der Waals surface area contributed by atoms with Crippen molar-refractivity contribution in [3.05, 3.63) is 12.3 Å². The largest absolute Gasteiger partial charge is 0.473 e.